The summed E-state index contributed by atoms with van der Waals surface area (Å²) in [6, 6.07) is 23.2. The lowest BCUT2D eigenvalue weighted by atomic mass is 10.1. The minimum atomic E-state index is 0.0380. The highest BCUT2D eigenvalue weighted by molar-refractivity contribution is 6.30. The van der Waals surface area contributed by atoms with Gasteiger partial charge in [0, 0.05) is 48.9 Å². The van der Waals surface area contributed by atoms with Gasteiger partial charge in [-0.3, -0.25) is 9.69 Å². The molecule has 3 aromatic carbocycles. The fourth-order valence-corrected chi connectivity index (χ4v) is 4.06. The van der Waals surface area contributed by atoms with E-state index in [2.05, 4.69) is 29.2 Å². The molecule has 1 amide bonds. The second-order valence-electron chi connectivity index (χ2n) is 7.83. The highest BCUT2D eigenvalue weighted by Crippen LogP contribution is 2.24. The first-order chi connectivity index (χ1) is 15.6. The van der Waals surface area contributed by atoms with Crippen LogP contribution in [0.4, 0.5) is 0 Å². The topological polar surface area (TPSA) is 42.0 Å². The molecule has 1 aliphatic heterocycles. The van der Waals surface area contributed by atoms with Crippen LogP contribution in [0.1, 0.15) is 21.5 Å². The van der Waals surface area contributed by atoms with Gasteiger partial charge in [0.2, 0.25) is 0 Å². The predicted molar refractivity (Wildman–Crippen MR) is 126 cm³/mol. The minimum absolute atomic E-state index is 0.0380. The van der Waals surface area contributed by atoms with E-state index < -0.39 is 0 Å². The number of piperazine rings is 1. The number of carbonyl (C=O) groups excluding carboxylic acids is 1. The lowest BCUT2D eigenvalue weighted by molar-refractivity contribution is 0.0628. The van der Waals surface area contributed by atoms with Crippen LogP contribution in [0.25, 0.3) is 0 Å². The summed E-state index contributed by atoms with van der Waals surface area (Å²) >= 11 is 6.04. The maximum Gasteiger partial charge on any atom is 0.253 e. The molecule has 0 spiro atoms. The van der Waals surface area contributed by atoms with E-state index in [0.717, 1.165) is 25.2 Å². The molecule has 0 N–H and O–H groups in total. The number of benzene rings is 3. The molecule has 1 saturated heterocycles. The van der Waals surface area contributed by atoms with Gasteiger partial charge in [0.1, 0.15) is 18.1 Å². The Labute approximate surface area is 194 Å². The van der Waals surface area contributed by atoms with Crippen LogP contribution in [-0.2, 0) is 13.2 Å². The van der Waals surface area contributed by atoms with Gasteiger partial charge < -0.3 is 14.4 Å². The van der Waals surface area contributed by atoms with E-state index in [1.165, 1.54) is 5.56 Å². The van der Waals surface area contributed by atoms with Crippen LogP contribution in [0.2, 0.25) is 5.02 Å². The minimum Gasteiger partial charge on any atom is -0.496 e. The highest BCUT2D eigenvalue weighted by Gasteiger charge is 2.23. The van der Waals surface area contributed by atoms with E-state index >= 15 is 0 Å². The molecule has 0 radical (unpaired) electrons. The summed E-state index contributed by atoms with van der Waals surface area (Å²) in [7, 11) is 1.62. The number of hydrogen-bond acceptors (Lipinski definition) is 4. The SMILES string of the molecule is COc1ccc(C(=O)N2CCN(Cc3ccccc3)CC2)cc1COc1cccc(Cl)c1. The first-order valence-corrected chi connectivity index (χ1v) is 11.1. The Morgan fingerprint density at radius 2 is 1.72 bits per heavy atom. The number of halogens is 1. The van der Waals surface area contributed by atoms with Gasteiger partial charge in [-0.05, 0) is 42.0 Å². The molecule has 1 fully saturated rings. The lowest BCUT2D eigenvalue weighted by Crippen LogP contribution is -2.48. The molecule has 6 heteroatoms. The van der Waals surface area contributed by atoms with Crippen molar-refractivity contribution in [1.29, 1.82) is 0 Å². The number of methoxy groups -OCH3 is 1. The van der Waals surface area contributed by atoms with Crippen LogP contribution in [0.15, 0.2) is 72.8 Å². The van der Waals surface area contributed by atoms with Crippen LogP contribution in [0.3, 0.4) is 0 Å². The Bertz CT molecular complexity index is 1050. The van der Waals surface area contributed by atoms with Gasteiger partial charge in [0.15, 0.2) is 0 Å². The summed E-state index contributed by atoms with van der Waals surface area (Å²) in [5.74, 6) is 1.40. The quantitative estimate of drug-likeness (QED) is 0.514. The fourth-order valence-electron chi connectivity index (χ4n) is 3.88. The zero-order valence-corrected chi connectivity index (χ0v) is 18.9. The predicted octanol–water partition coefficient (Wildman–Crippen LogP) is 4.89. The van der Waals surface area contributed by atoms with E-state index in [9.17, 15) is 4.79 Å². The molecule has 0 aromatic heterocycles. The summed E-state index contributed by atoms with van der Waals surface area (Å²) in [6.07, 6.45) is 0. The summed E-state index contributed by atoms with van der Waals surface area (Å²) in [5, 5.41) is 0.616. The van der Waals surface area contributed by atoms with Crippen LogP contribution < -0.4 is 9.47 Å². The number of amides is 1. The summed E-state index contributed by atoms with van der Waals surface area (Å²) in [6.45, 7) is 4.35. The van der Waals surface area contributed by atoms with Crippen molar-refractivity contribution in [1.82, 2.24) is 9.80 Å². The molecule has 3 aromatic rings. The molecule has 0 aliphatic carbocycles. The van der Waals surface area contributed by atoms with Crippen molar-refractivity contribution >= 4 is 17.5 Å². The molecule has 0 unspecified atom stereocenters. The fraction of sp³-hybridized carbons (Fsp3) is 0.269. The molecular formula is C26H27ClN2O3. The average molecular weight is 451 g/mol. The second kappa shape index (κ2) is 10.5. The number of hydrogen-bond donors (Lipinski definition) is 0. The van der Waals surface area contributed by atoms with E-state index in [0.29, 0.717) is 35.2 Å². The third-order valence-electron chi connectivity index (χ3n) is 5.63. The smallest absolute Gasteiger partial charge is 0.253 e. The van der Waals surface area contributed by atoms with Gasteiger partial charge >= 0.3 is 0 Å². The first kappa shape index (κ1) is 22.2. The third-order valence-corrected chi connectivity index (χ3v) is 5.86. The summed E-state index contributed by atoms with van der Waals surface area (Å²) in [4.78, 5) is 17.5. The van der Waals surface area contributed by atoms with Gasteiger partial charge in [0.05, 0.1) is 7.11 Å². The first-order valence-electron chi connectivity index (χ1n) is 10.7. The summed E-state index contributed by atoms with van der Waals surface area (Å²) < 4.78 is 11.3. The van der Waals surface area contributed by atoms with Gasteiger partial charge in [-0.25, -0.2) is 0 Å². The van der Waals surface area contributed by atoms with Crippen molar-refractivity contribution in [2.45, 2.75) is 13.2 Å². The molecule has 32 heavy (non-hydrogen) atoms. The van der Waals surface area contributed by atoms with Gasteiger partial charge in [-0.2, -0.15) is 0 Å². The Morgan fingerprint density at radius 1 is 0.938 bits per heavy atom. The maximum atomic E-state index is 13.1. The van der Waals surface area contributed by atoms with Crippen LogP contribution in [-0.4, -0.2) is 49.0 Å². The molecule has 5 nitrogen and oxygen atoms in total. The molecule has 0 atom stereocenters. The van der Waals surface area contributed by atoms with Gasteiger partial charge in [-0.15, -0.1) is 0 Å². The zero-order valence-electron chi connectivity index (χ0n) is 18.2. The zero-order chi connectivity index (χ0) is 22.3. The number of rotatable bonds is 7. The van der Waals surface area contributed by atoms with Crippen molar-refractivity contribution in [3.8, 4) is 11.5 Å². The van der Waals surface area contributed by atoms with Crippen molar-refractivity contribution < 1.29 is 14.3 Å². The van der Waals surface area contributed by atoms with E-state index in [1.54, 1.807) is 19.2 Å². The molecule has 1 aliphatic rings. The molecule has 4 rings (SSSR count). The number of nitrogens with zero attached hydrogens (tertiary/aromatic N) is 2. The Morgan fingerprint density at radius 3 is 2.44 bits per heavy atom. The molecule has 0 saturated carbocycles. The van der Waals surface area contributed by atoms with E-state index in [1.807, 2.05) is 41.3 Å². The average Bonchev–Trinajstić information content (AvgIpc) is 2.83. The van der Waals surface area contributed by atoms with Crippen molar-refractivity contribution in [3.05, 3.63) is 94.5 Å². The third kappa shape index (κ3) is 5.61. The molecule has 0 bridgehead atoms. The van der Waals surface area contributed by atoms with Crippen LogP contribution >= 0.6 is 11.6 Å². The van der Waals surface area contributed by atoms with E-state index in [4.69, 9.17) is 21.1 Å². The Hall–Kier alpha value is -3.02. The second-order valence-corrected chi connectivity index (χ2v) is 8.26. The molecule has 166 valence electrons. The molecular weight excluding hydrogens is 424 g/mol. The Kier molecular flexibility index (Phi) is 7.30. The van der Waals surface area contributed by atoms with Crippen LogP contribution in [0, 0.1) is 0 Å². The normalized spacial score (nSPS) is 14.2. The van der Waals surface area contributed by atoms with Gasteiger partial charge in [-0.1, -0.05) is 48.0 Å². The largest absolute Gasteiger partial charge is 0.496 e. The van der Waals surface area contributed by atoms with Crippen molar-refractivity contribution in [2.75, 3.05) is 33.3 Å². The number of carbonyl (C=O) groups is 1. The van der Waals surface area contributed by atoms with Crippen LogP contribution in [0.5, 0.6) is 11.5 Å². The van der Waals surface area contributed by atoms with Crippen molar-refractivity contribution in [2.24, 2.45) is 0 Å². The van der Waals surface area contributed by atoms with Crippen molar-refractivity contribution in [3.63, 3.8) is 0 Å². The highest BCUT2D eigenvalue weighted by atomic mass is 35.5. The van der Waals surface area contributed by atoms with E-state index in [-0.39, 0.29) is 12.5 Å². The molecule has 1 heterocycles. The number of ether oxygens (including phenoxy) is 2. The Balaban J connectivity index is 1.38. The monoisotopic (exact) mass is 450 g/mol. The lowest BCUT2D eigenvalue weighted by Gasteiger charge is -2.35. The summed E-state index contributed by atoms with van der Waals surface area (Å²) in [5.41, 5.74) is 2.76. The van der Waals surface area contributed by atoms with Gasteiger partial charge in [0.25, 0.3) is 5.91 Å². The standard InChI is InChI=1S/C26H27ClN2O3/c1-31-25-11-10-21(16-22(25)19-32-24-9-5-8-23(27)17-24)26(30)29-14-12-28(13-15-29)18-20-6-3-2-4-7-20/h2-11,16-17H,12-15,18-19H2,1H3. The maximum absolute atomic E-state index is 13.1.